The second-order valence-electron chi connectivity index (χ2n) is 6.24. The van der Waals surface area contributed by atoms with Crippen molar-refractivity contribution in [2.24, 2.45) is 0 Å². The first-order valence-corrected chi connectivity index (χ1v) is 8.61. The van der Waals surface area contributed by atoms with E-state index in [1.807, 2.05) is 12.1 Å². The van der Waals surface area contributed by atoms with Gasteiger partial charge in [-0.3, -0.25) is 9.67 Å². The van der Waals surface area contributed by atoms with Gasteiger partial charge in [0.25, 0.3) is 0 Å². The molecular weight excluding hydrogens is 356 g/mol. The Morgan fingerprint density at radius 3 is 2.21 bits per heavy atom. The third-order valence-corrected chi connectivity index (χ3v) is 4.25. The summed E-state index contributed by atoms with van der Waals surface area (Å²) in [4.78, 5) is 9.94. The van der Waals surface area contributed by atoms with Crippen LogP contribution in [-0.2, 0) is 0 Å². The molecule has 0 spiro atoms. The fraction of sp³-hybridized carbons (Fsp3) is 0.150. The van der Waals surface area contributed by atoms with Gasteiger partial charge in [0.1, 0.15) is 6.33 Å². The van der Waals surface area contributed by atoms with Crippen molar-refractivity contribution in [3.05, 3.63) is 77.4 Å². The maximum Gasteiger partial charge on any atom is 0.358 e. The Morgan fingerprint density at radius 2 is 1.64 bits per heavy atom. The van der Waals surface area contributed by atoms with Gasteiger partial charge in [-0.1, -0.05) is 47.7 Å². The molecule has 0 fully saturated rings. The van der Waals surface area contributed by atoms with Crippen molar-refractivity contribution in [1.82, 2.24) is 30.2 Å². The first-order chi connectivity index (χ1) is 13.5. The molecule has 2 aromatic heterocycles. The molecule has 0 aliphatic heterocycles. The number of benzene rings is 2. The molecule has 0 aliphatic carbocycles. The molecule has 0 aliphatic rings. The molecule has 0 unspecified atom stereocenters. The van der Waals surface area contributed by atoms with E-state index in [4.69, 9.17) is 5.11 Å². The van der Waals surface area contributed by atoms with Crippen LogP contribution >= 0.6 is 0 Å². The molecule has 2 aromatic carbocycles. The molecule has 4 aromatic rings. The minimum Gasteiger partial charge on any atom is -0.476 e. The van der Waals surface area contributed by atoms with Gasteiger partial charge >= 0.3 is 5.97 Å². The summed E-state index contributed by atoms with van der Waals surface area (Å²) in [5.41, 5.74) is 5.86. The molecule has 0 atom stereocenters. The first kappa shape index (κ1) is 19.0. The van der Waals surface area contributed by atoms with E-state index in [0.29, 0.717) is 0 Å². The zero-order chi connectivity index (χ0) is 20.1. The number of H-pyrrole nitrogens is 1. The lowest BCUT2D eigenvalue weighted by Gasteiger charge is -2.13. The third kappa shape index (κ3) is 3.96. The lowest BCUT2D eigenvalue weighted by molar-refractivity contribution is 0.0690. The highest BCUT2D eigenvalue weighted by Gasteiger charge is 2.13. The van der Waals surface area contributed by atoms with Crippen molar-refractivity contribution in [3.8, 4) is 17.1 Å². The molecule has 28 heavy (non-hydrogen) atoms. The van der Waals surface area contributed by atoms with Gasteiger partial charge in [-0.15, -0.1) is 15.3 Å². The number of aromatic carboxylic acids is 1. The summed E-state index contributed by atoms with van der Waals surface area (Å²) in [5, 5.41) is 25.2. The second kappa shape index (κ2) is 8.26. The number of nitrogens with one attached hydrogen (secondary N) is 1. The number of carboxylic acids is 1. The SMILES string of the molecule is Cc1ccccc1-c1nncn1-c1c(C)cccc1C.O=C(O)c1c[nH]nn1. The molecule has 2 N–H and O–H groups in total. The van der Waals surface area contributed by atoms with E-state index < -0.39 is 5.97 Å². The van der Waals surface area contributed by atoms with Crippen LogP contribution in [0.1, 0.15) is 27.2 Å². The summed E-state index contributed by atoms with van der Waals surface area (Å²) in [5.74, 6) is -0.181. The normalized spacial score (nSPS) is 10.2. The Morgan fingerprint density at radius 1 is 0.964 bits per heavy atom. The summed E-state index contributed by atoms with van der Waals surface area (Å²) in [6.45, 7) is 6.33. The predicted octanol–water partition coefficient (Wildman–Crippen LogP) is 3.36. The van der Waals surface area contributed by atoms with Gasteiger partial charge < -0.3 is 5.11 Å². The molecular formula is C20H20N6O2. The Bertz CT molecular complexity index is 1070. The van der Waals surface area contributed by atoms with Crippen molar-refractivity contribution in [1.29, 1.82) is 0 Å². The molecule has 0 amide bonds. The van der Waals surface area contributed by atoms with Crippen LogP contribution in [0, 0.1) is 20.8 Å². The van der Waals surface area contributed by atoms with E-state index in [-0.39, 0.29) is 5.69 Å². The van der Waals surface area contributed by atoms with Gasteiger partial charge in [-0.25, -0.2) is 4.79 Å². The molecule has 8 nitrogen and oxygen atoms in total. The van der Waals surface area contributed by atoms with E-state index in [1.165, 1.54) is 22.9 Å². The Hall–Kier alpha value is -3.81. The van der Waals surface area contributed by atoms with Crippen LogP contribution in [0.3, 0.4) is 0 Å². The summed E-state index contributed by atoms with van der Waals surface area (Å²) < 4.78 is 2.08. The maximum absolute atomic E-state index is 9.94. The molecule has 0 saturated heterocycles. The minimum absolute atomic E-state index is 0.0648. The van der Waals surface area contributed by atoms with Crippen LogP contribution in [0.25, 0.3) is 17.1 Å². The lowest BCUT2D eigenvalue weighted by atomic mass is 10.1. The fourth-order valence-electron chi connectivity index (χ4n) is 2.90. The average Bonchev–Trinajstić information content (AvgIpc) is 3.35. The van der Waals surface area contributed by atoms with E-state index in [2.05, 4.69) is 81.3 Å². The third-order valence-electron chi connectivity index (χ3n) is 4.25. The molecule has 4 rings (SSSR count). The van der Waals surface area contributed by atoms with Crippen LogP contribution in [-0.4, -0.2) is 41.3 Å². The van der Waals surface area contributed by atoms with E-state index in [9.17, 15) is 4.79 Å². The number of carbonyl (C=O) groups is 1. The quantitative estimate of drug-likeness (QED) is 0.567. The Labute approximate surface area is 161 Å². The lowest BCUT2D eigenvalue weighted by Crippen LogP contribution is -2.02. The van der Waals surface area contributed by atoms with Gasteiger partial charge in [-0.2, -0.15) is 0 Å². The average molecular weight is 376 g/mol. The summed E-state index contributed by atoms with van der Waals surface area (Å²) in [7, 11) is 0. The number of nitrogens with zero attached hydrogens (tertiary/aromatic N) is 5. The summed E-state index contributed by atoms with van der Waals surface area (Å²) >= 11 is 0. The van der Waals surface area contributed by atoms with Gasteiger partial charge in [0.2, 0.25) is 0 Å². The summed E-state index contributed by atoms with van der Waals surface area (Å²) in [6.07, 6.45) is 3.00. The van der Waals surface area contributed by atoms with Crippen molar-refractivity contribution >= 4 is 5.97 Å². The van der Waals surface area contributed by atoms with Gasteiger partial charge in [-0.05, 0) is 37.5 Å². The number of hydrogen-bond donors (Lipinski definition) is 2. The van der Waals surface area contributed by atoms with Crippen molar-refractivity contribution in [2.45, 2.75) is 20.8 Å². The first-order valence-electron chi connectivity index (χ1n) is 8.61. The van der Waals surface area contributed by atoms with Crippen LogP contribution in [0.2, 0.25) is 0 Å². The Balaban J connectivity index is 0.000000236. The van der Waals surface area contributed by atoms with Gasteiger partial charge in [0, 0.05) is 5.56 Å². The predicted molar refractivity (Wildman–Crippen MR) is 104 cm³/mol. The minimum atomic E-state index is -1.07. The van der Waals surface area contributed by atoms with E-state index in [0.717, 1.165) is 17.1 Å². The number of rotatable bonds is 3. The topological polar surface area (TPSA) is 110 Å². The van der Waals surface area contributed by atoms with Crippen LogP contribution in [0.5, 0.6) is 0 Å². The number of aryl methyl sites for hydroxylation is 3. The van der Waals surface area contributed by atoms with Crippen LogP contribution in [0.15, 0.2) is 55.0 Å². The number of carboxylic acid groups (broad SMARTS) is 1. The Kier molecular flexibility index (Phi) is 5.59. The monoisotopic (exact) mass is 376 g/mol. The van der Waals surface area contributed by atoms with Crippen LogP contribution < -0.4 is 0 Å². The molecule has 0 saturated carbocycles. The maximum atomic E-state index is 9.94. The van der Waals surface area contributed by atoms with E-state index in [1.54, 1.807) is 6.33 Å². The molecule has 0 bridgehead atoms. The number of para-hydroxylation sites is 1. The second-order valence-corrected chi connectivity index (χ2v) is 6.24. The highest BCUT2D eigenvalue weighted by molar-refractivity contribution is 5.84. The molecule has 8 heteroatoms. The molecule has 0 radical (unpaired) electrons. The molecule has 2 heterocycles. The largest absolute Gasteiger partial charge is 0.476 e. The van der Waals surface area contributed by atoms with Crippen molar-refractivity contribution in [3.63, 3.8) is 0 Å². The zero-order valence-electron chi connectivity index (χ0n) is 15.8. The zero-order valence-corrected chi connectivity index (χ0v) is 15.8. The highest BCUT2D eigenvalue weighted by Crippen LogP contribution is 2.26. The van der Waals surface area contributed by atoms with Crippen molar-refractivity contribution < 1.29 is 9.90 Å². The van der Waals surface area contributed by atoms with Gasteiger partial charge in [0.15, 0.2) is 11.5 Å². The van der Waals surface area contributed by atoms with Crippen LogP contribution in [0.4, 0.5) is 0 Å². The standard InChI is InChI=1S/C17H17N3.C3H3N3O2/c1-12-7-4-5-10-15(12)17-19-18-11-20(17)16-13(2)8-6-9-14(16)3;7-3(8)2-1-4-6-5-2/h4-11H,1-3H3;1H,(H,7,8)(H,4,5,6). The van der Waals surface area contributed by atoms with Crippen molar-refractivity contribution in [2.75, 3.05) is 0 Å². The number of hydrogen-bond acceptors (Lipinski definition) is 5. The molecule has 142 valence electrons. The van der Waals surface area contributed by atoms with E-state index >= 15 is 0 Å². The van der Waals surface area contributed by atoms with Gasteiger partial charge in [0.05, 0.1) is 11.9 Å². The summed E-state index contributed by atoms with van der Waals surface area (Å²) in [6, 6.07) is 14.6. The fourth-order valence-corrected chi connectivity index (χ4v) is 2.90. The smallest absolute Gasteiger partial charge is 0.358 e. The number of aromatic nitrogens is 6. The highest BCUT2D eigenvalue weighted by atomic mass is 16.4. The number of aromatic amines is 1.